The second kappa shape index (κ2) is 6.03. The van der Waals surface area contributed by atoms with Crippen molar-refractivity contribution >= 4 is 0 Å². The van der Waals surface area contributed by atoms with Gasteiger partial charge in [-0.25, -0.2) is 0 Å². The van der Waals surface area contributed by atoms with Gasteiger partial charge in [-0.2, -0.15) is 13.2 Å². The fourth-order valence-electron chi connectivity index (χ4n) is 2.30. The molecule has 0 aliphatic heterocycles. The molecule has 0 radical (unpaired) electrons. The summed E-state index contributed by atoms with van der Waals surface area (Å²) in [6.45, 7) is 6.52. The molecule has 1 nitrogen and oxygen atoms in total. The van der Waals surface area contributed by atoms with Crippen LogP contribution in [0.1, 0.15) is 37.5 Å². The molecule has 2 aromatic rings. The second-order valence-corrected chi connectivity index (χ2v) is 6.22. The first-order valence-corrected chi connectivity index (χ1v) is 7.06. The first kappa shape index (κ1) is 16.4. The van der Waals surface area contributed by atoms with Gasteiger partial charge in [-0.3, -0.25) is 0 Å². The van der Waals surface area contributed by atoms with Crippen LogP contribution < -0.4 is 4.74 Å². The quantitative estimate of drug-likeness (QED) is 0.719. The maximum atomic E-state index is 12.7. The fourth-order valence-corrected chi connectivity index (χ4v) is 2.30. The van der Waals surface area contributed by atoms with Crippen LogP contribution in [-0.4, -0.2) is 0 Å². The molecule has 0 amide bonds. The molecule has 0 aliphatic rings. The van der Waals surface area contributed by atoms with Crippen molar-refractivity contribution in [2.75, 3.05) is 0 Å². The first-order chi connectivity index (χ1) is 10.2. The van der Waals surface area contributed by atoms with Crippen molar-refractivity contribution in [2.45, 2.75) is 39.0 Å². The molecule has 0 atom stereocenters. The third kappa shape index (κ3) is 4.03. The molecule has 0 saturated carbocycles. The van der Waals surface area contributed by atoms with Gasteiger partial charge in [0, 0.05) is 0 Å². The predicted molar refractivity (Wildman–Crippen MR) is 80.9 cm³/mol. The zero-order valence-corrected chi connectivity index (χ0v) is 12.9. The van der Waals surface area contributed by atoms with Crippen molar-refractivity contribution < 1.29 is 17.9 Å². The van der Waals surface area contributed by atoms with E-state index in [1.807, 2.05) is 24.3 Å². The molecule has 0 fully saturated rings. The van der Waals surface area contributed by atoms with Crippen LogP contribution >= 0.6 is 0 Å². The van der Waals surface area contributed by atoms with Gasteiger partial charge < -0.3 is 4.74 Å². The van der Waals surface area contributed by atoms with Crippen molar-refractivity contribution in [1.82, 2.24) is 0 Å². The third-order valence-electron chi connectivity index (χ3n) is 3.38. The normalized spacial score (nSPS) is 12.3. The highest BCUT2D eigenvalue weighted by molar-refractivity contribution is 5.34. The molecule has 4 heteroatoms. The largest absolute Gasteiger partial charge is 0.489 e. The van der Waals surface area contributed by atoms with Crippen molar-refractivity contribution in [3.05, 3.63) is 65.2 Å². The molecule has 0 unspecified atom stereocenters. The van der Waals surface area contributed by atoms with E-state index in [1.54, 1.807) is 0 Å². The third-order valence-corrected chi connectivity index (χ3v) is 3.38. The lowest BCUT2D eigenvalue weighted by Crippen LogP contribution is -2.15. The van der Waals surface area contributed by atoms with Crippen molar-refractivity contribution in [3.63, 3.8) is 0 Å². The predicted octanol–water partition coefficient (Wildman–Crippen LogP) is 5.58. The summed E-state index contributed by atoms with van der Waals surface area (Å²) < 4.78 is 43.7. The SMILES string of the molecule is CC(C)(C)c1ccccc1COc1cccc(C(F)(F)F)c1. The zero-order chi connectivity index (χ0) is 16.4. The topological polar surface area (TPSA) is 9.23 Å². The lowest BCUT2D eigenvalue weighted by atomic mass is 9.84. The molecule has 0 aromatic heterocycles. The summed E-state index contributed by atoms with van der Waals surface area (Å²) in [5.74, 6) is 0.221. The zero-order valence-electron chi connectivity index (χ0n) is 12.9. The van der Waals surface area contributed by atoms with E-state index in [0.29, 0.717) is 0 Å². The van der Waals surface area contributed by atoms with Gasteiger partial charge in [0.25, 0.3) is 0 Å². The van der Waals surface area contributed by atoms with Gasteiger partial charge >= 0.3 is 6.18 Å². The van der Waals surface area contributed by atoms with Crippen LogP contribution in [0, 0.1) is 0 Å². The average molecular weight is 308 g/mol. The van der Waals surface area contributed by atoms with Crippen LogP contribution in [0.4, 0.5) is 13.2 Å². The minimum Gasteiger partial charge on any atom is -0.489 e. The van der Waals surface area contributed by atoms with Crippen LogP contribution in [0.25, 0.3) is 0 Å². The van der Waals surface area contributed by atoms with Gasteiger partial charge in [0.15, 0.2) is 0 Å². The van der Waals surface area contributed by atoms with Crippen molar-refractivity contribution in [1.29, 1.82) is 0 Å². The fraction of sp³-hybridized carbons (Fsp3) is 0.333. The Morgan fingerprint density at radius 2 is 1.59 bits per heavy atom. The van der Waals surface area contributed by atoms with Gasteiger partial charge in [-0.1, -0.05) is 51.1 Å². The smallest absolute Gasteiger partial charge is 0.416 e. The van der Waals surface area contributed by atoms with E-state index >= 15 is 0 Å². The van der Waals surface area contributed by atoms with E-state index in [-0.39, 0.29) is 17.8 Å². The number of alkyl halides is 3. The molecule has 2 aromatic carbocycles. The molecular weight excluding hydrogens is 289 g/mol. The maximum absolute atomic E-state index is 12.7. The number of hydrogen-bond donors (Lipinski definition) is 0. The molecule has 0 heterocycles. The van der Waals surface area contributed by atoms with Crippen LogP contribution in [0.2, 0.25) is 0 Å². The molecule has 0 N–H and O–H groups in total. The minimum atomic E-state index is -4.36. The molecule has 0 aliphatic carbocycles. The van der Waals surface area contributed by atoms with E-state index in [1.165, 1.54) is 12.1 Å². The summed E-state index contributed by atoms with van der Waals surface area (Å²) in [4.78, 5) is 0. The Morgan fingerprint density at radius 1 is 0.909 bits per heavy atom. The Labute approximate surface area is 128 Å². The van der Waals surface area contributed by atoms with E-state index in [9.17, 15) is 13.2 Å². The Bertz CT molecular complexity index is 639. The van der Waals surface area contributed by atoms with Crippen LogP contribution in [0.15, 0.2) is 48.5 Å². The number of hydrogen-bond acceptors (Lipinski definition) is 1. The van der Waals surface area contributed by atoms with Gasteiger partial charge in [-0.15, -0.1) is 0 Å². The summed E-state index contributed by atoms with van der Waals surface area (Å²) in [5, 5.41) is 0. The van der Waals surface area contributed by atoms with Gasteiger partial charge in [0.05, 0.1) is 5.56 Å². The maximum Gasteiger partial charge on any atom is 0.416 e. The molecule has 0 spiro atoms. The Balaban J connectivity index is 2.18. The molecular formula is C18H19F3O. The van der Waals surface area contributed by atoms with Crippen LogP contribution in [0.3, 0.4) is 0 Å². The highest BCUT2D eigenvalue weighted by Gasteiger charge is 2.30. The lowest BCUT2D eigenvalue weighted by molar-refractivity contribution is -0.137. The second-order valence-electron chi connectivity index (χ2n) is 6.22. The number of rotatable bonds is 3. The molecule has 2 rings (SSSR count). The standard InChI is InChI=1S/C18H19F3O/c1-17(2,3)16-10-5-4-7-13(16)12-22-15-9-6-8-14(11-15)18(19,20)21/h4-11H,12H2,1-3H3. The summed E-state index contributed by atoms with van der Waals surface area (Å²) >= 11 is 0. The summed E-state index contributed by atoms with van der Waals surface area (Å²) in [5.41, 5.74) is 1.36. The van der Waals surface area contributed by atoms with Gasteiger partial charge in [0.2, 0.25) is 0 Å². The van der Waals surface area contributed by atoms with Crippen LogP contribution in [-0.2, 0) is 18.2 Å². The minimum absolute atomic E-state index is 0.0478. The van der Waals surface area contributed by atoms with Gasteiger partial charge in [-0.05, 0) is 34.7 Å². The van der Waals surface area contributed by atoms with Crippen molar-refractivity contribution in [2.24, 2.45) is 0 Å². The Kier molecular flexibility index (Phi) is 4.50. The van der Waals surface area contributed by atoms with Crippen molar-refractivity contribution in [3.8, 4) is 5.75 Å². The average Bonchev–Trinajstić information content (AvgIpc) is 2.44. The first-order valence-electron chi connectivity index (χ1n) is 7.06. The van der Waals surface area contributed by atoms with E-state index in [0.717, 1.165) is 23.3 Å². The lowest BCUT2D eigenvalue weighted by Gasteiger charge is -2.23. The monoisotopic (exact) mass is 308 g/mol. The summed E-state index contributed by atoms with van der Waals surface area (Å²) in [6.07, 6.45) is -4.36. The number of halogens is 3. The van der Waals surface area contributed by atoms with E-state index in [4.69, 9.17) is 4.74 Å². The summed E-state index contributed by atoms with van der Waals surface area (Å²) in [6, 6.07) is 12.8. The number of benzene rings is 2. The number of ether oxygens (including phenoxy) is 1. The van der Waals surface area contributed by atoms with E-state index in [2.05, 4.69) is 20.8 Å². The molecule has 0 bridgehead atoms. The molecule has 22 heavy (non-hydrogen) atoms. The Morgan fingerprint density at radius 3 is 2.23 bits per heavy atom. The van der Waals surface area contributed by atoms with Gasteiger partial charge in [0.1, 0.15) is 12.4 Å². The van der Waals surface area contributed by atoms with Crippen LogP contribution in [0.5, 0.6) is 5.75 Å². The summed E-state index contributed by atoms with van der Waals surface area (Å²) in [7, 11) is 0. The van der Waals surface area contributed by atoms with E-state index < -0.39 is 11.7 Å². The molecule has 118 valence electrons. The Hall–Kier alpha value is -1.97. The molecule has 0 saturated heterocycles. The highest BCUT2D eigenvalue weighted by atomic mass is 19.4. The highest BCUT2D eigenvalue weighted by Crippen LogP contribution is 2.32.